The first-order valence-electron chi connectivity index (χ1n) is 5.11. The third-order valence-electron chi connectivity index (χ3n) is 2.70. The van der Waals surface area contributed by atoms with Crippen LogP contribution in [0.4, 0.5) is 5.69 Å². The first-order valence-corrected chi connectivity index (χ1v) is 5.11. The number of aryl methyl sites for hydroxylation is 1. The van der Waals surface area contributed by atoms with E-state index in [4.69, 9.17) is 0 Å². The molecule has 1 heterocycles. The van der Waals surface area contributed by atoms with Gasteiger partial charge in [-0.2, -0.15) is 0 Å². The van der Waals surface area contributed by atoms with Crippen LogP contribution in [0.5, 0.6) is 0 Å². The minimum Gasteiger partial charge on any atom is -0.301 e. The largest absolute Gasteiger partial charge is 0.301 e. The number of fused-ring (bicyclic) bond motifs is 1. The van der Waals surface area contributed by atoms with Gasteiger partial charge in [-0.1, -0.05) is 13.0 Å². The van der Waals surface area contributed by atoms with Crippen molar-refractivity contribution in [1.82, 2.24) is 0 Å². The molecule has 16 heavy (non-hydrogen) atoms. The van der Waals surface area contributed by atoms with E-state index in [0.717, 1.165) is 12.0 Å². The summed E-state index contributed by atoms with van der Waals surface area (Å²) in [7, 11) is 0. The van der Waals surface area contributed by atoms with E-state index in [-0.39, 0.29) is 6.54 Å². The number of carbonyl (C=O) groups excluding carboxylic acids is 3. The van der Waals surface area contributed by atoms with Gasteiger partial charge in [-0.15, -0.1) is 0 Å². The monoisotopic (exact) mass is 217 g/mol. The minimum atomic E-state index is -0.615. The number of anilines is 1. The Balaban J connectivity index is 2.51. The molecule has 4 heteroatoms. The highest BCUT2D eigenvalue weighted by molar-refractivity contribution is 6.52. The Hall–Kier alpha value is -1.97. The lowest BCUT2D eigenvalue weighted by atomic mass is 10.1. The molecule has 1 aliphatic rings. The van der Waals surface area contributed by atoms with E-state index in [2.05, 4.69) is 0 Å². The van der Waals surface area contributed by atoms with Crippen molar-refractivity contribution < 1.29 is 14.4 Å². The number of aldehydes is 1. The number of nitrogens with zero attached hydrogens (tertiary/aromatic N) is 1. The molecule has 1 aromatic carbocycles. The van der Waals surface area contributed by atoms with Crippen LogP contribution in [-0.2, 0) is 16.0 Å². The lowest BCUT2D eigenvalue weighted by Crippen LogP contribution is -2.31. The lowest BCUT2D eigenvalue weighted by molar-refractivity contribution is -0.115. The Kier molecular flexibility index (Phi) is 2.56. The molecule has 1 amide bonds. The Bertz CT molecular complexity index is 479. The molecule has 0 bridgehead atoms. The van der Waals surface area contributed by atoms with Gasteiger partial charge in [0.05, 0.1) is 17.8 Å². The summed E-state index contributed by atoms with van der Waals surface area (Å²) in [5.41, 5.74) is 1.96. The number of ketones is 1. The van der Waals surface area contributed by atoms with Crippen LogP contribution in [0.2, 0.25) is 0 Å². The van der Waals surface area contributed by atoms with Crippen LogP contribution >= 0.6 is 0 Å². The molecule has 0 aliphatic carbocycles. The van der Waals surface area contributed by atoms with E-state index in [1.54, 1.807) is 12.1 Å². The zero-order chi connectivity index (χ0) is 11.7. The second-order valence-corrected chi connectivity index (χ2v) is 3.62. The molecule has 0 unspecified atom stereocenters. The normalized spacial score (nSPS) is 14.2. The van der Waals surface area contributed by atoms with Crippen LogP contribution in [0.25, 0.3) is 0 Å². The summed E-state index contributed by atoms with van der Waals surface area (Å²) >= 11 is 0. The predicted octanol–water partition coefficient (Wildman–Crippen LogP) is 0.977. The zero-order valence-corrected chi connectivity index (χ0v) is 8.90. The quantitative estimate of drug-likeness (QED) is 0.560. The van der Waals surface area contributed by atoms with Gasteiger partial charge in [-0.05, 0) is 24.1 Å². The first-order chi connectivity index (χ1) is 7.69. The molecule has 2 rings (SSSR count). The van der Waals surface area contributed by atoms with Crippen molar-refractivity contribution >= 4 is 23.7 Å². The summed E-state index contributed by atoms with van der Waals surface area (Å²) in [6.07, 6.45) is 1.43. The van der Waals surface area contributed by atoms with Crippen LogP contribution in [0.1, 0.15) is 22.8 Å². The van der Waals surface area contributed by atoms with E-state index < -0.39 is 11.7 Å². The lowest BCUT2D eigenvalue weighted by Gasteiger charge is -2.12. The van der Waals surface area contributed by atoms with Crippen LogP contribution in [0.3, 0.4) is 0 Å². The van der Waals surface area contributed by atoms with Crippen molar-refractivity contribution in [1.29, 1.82) is 0 Å². The second-order valence-electron chi connectivity index (χ2n) is 3.62. The van der Waals surface area contributed by atoms with Gasteiger partial charge in [0.25, 0.3) is 11.7 Å². The van der Waals surface area contributed by atoms with Crippen LogP contribution in [0.15, 0.2) is 18.2 Å². The molecule has 0 atom stereocenters. The third kappa shape index (κ3) is 1.43. The Morgan fingerprint density at radius 1 is 1.31 bits per heavy atom. The van der Waals surface area contributed by atoms with Crippen molar-refractivity contribution in [2.45, 2.75) is 13.3 Å². The third-order valence-corrected chi connectivity index (χ3v) is 2.70. The van der Waals surface area contributed by atoms with E-state index in [1.807, 2.05) is 13.0 Å². The predicted molar refractivity (Wildman–Crippen MR) is 58.6 cm³/mol. The van der Waals surface area contributed by atoms with Gasteiger partial charge < -0.3 is 4.79 Å². The highest BCUT2D eigenvalue weighted by atomic mass is 16.2. The Morgan fingerprint density at radius 2 is 2.06 bits per heavy atom. The molecule has 4 nitrogen and oxygen atoms in total. The maximum atomic E-state index is 11.6. The maximum Gasteiger partial charge on any atom is 0.299 e. The van der Waals surface area contributed by atoms with Crippen molar-refractivity contribution in [2.75, 3.05) is 11.4 Å². The van der Waals surface area contributed by atoms with Gasteiger partial charge in [-0.3, -0.25) is 14.5 Å². The van der Waals surface area contributed by atoms with Crippen LogP contribution in [-0.4, -0.2) is 24.5 Å². The summed E-state index contributed by atoms with van der Waals surface area (Å²) in [6.45, 7) is 1.91. The fraction of sp³-hybridized carbons (Fsp3) is 0.250. The summed E-state index contributed by atoms with van der Waals surface area (Å²) in [5.74, 6) is -1.14. The summed E-state index contributed by atoms with van der Waals surface area (Å²) in [4.78, 5) is 34.9. The van der Waals surface area contributed by atoms with Crippen molar-refractivity contribution in [3.8, 4) is 0 Å². The van der Waals surface area contributed by atoms with Crippen LogP contribution in [0, 0.1) is 0 Å². The molecule has 1 aromatic rings. The van der Waals surface area contributed by atoms with Gasteiger partial charge in [-0.25, -0.2) is 0 Å². The van der Waals surface area contributed by atoms with Crippen molar-refractivity contribution in [3.05, 3.63) is 29.3 Å². The maximum absolute atomic E-state index is 11.6. The molecule has 0 spiro atoms. The molecule has 1 aliphatic heterocycles. The molecular formula is C12H11NO3. The molecule has 0 N–H and O–H groups in total. The number of hydrogen-bond acceptors (Lipinski definition) is 3. The smallest absolute Gasteiger partial charge is 0.299 e. The SMILES string of the molecule is CCc1ccc2c(c1)C(=O)C(=O)N2CC=O. The molecule has 0 radical (unpaired) electrons. The highest BCUT2D eigenvalue weighted by Crippen LogP contribution is 2.29. The molecule has 82 valence electrons. The number of benzene rings is 1. The number of carbonyl (C=O) groups is 3. The van der Waals surface area contributed by atoms with Gasteiger partial charge in [0.2, 0.25) is 0 Å². The number of amides is 1. The van der Waals surface area contributed by atoms with E-state index in [0.29, 0.717) is 17.5 Å². The topological polar surface area (TPSA) is 54.5 Å². The molecule has 0 fully saturated rings. The summed E-state index contributed by atoms with van der Waals surface area (Å²) in [6, 6.07) is 5.31. The fourth-order valence-corrected chi connectivity index (χ4v) is 1.82. The van der Waals surface area contributed by atoms with Crippen LogP contribution < -0.4 is 4.90 Å². The Labute approximate surface area is 92.9 Å². The van der Waals surface area contributed by atoms with Gasteiger partial charge in [0, 0.05) is 0 Å². The molecular weight excluding hydrogens is 206 g/mol. The second kappa shape index (κ2) is 3.89. The Morgan fingerprint density at radius 3 is 2.69 bits per heavy atom. The zero-order valence-electron chi connectivity index (χ0n) is 8.90. The average Bonchev–Trinajstić information content (AvgIpc) is 2.54. The molecule has 0 aromatic heterocycles. The standard InChI is InChI=1S/C12H11NO3/c1-2-8-3-4-10-9(7-8)11(15)12(16)13(10)5-6-14/h3-4,6-7H,2,5H2,1H3. The van der Waals surface area contributed by atoms with E-state index >= 15 is 0 Å². The van der Waals surface area contributed by atoms with Gasteiger partial charge >= 0.3 is 0 Å². The minimum absolute atomic E-state index is 0.0664. The average molecular weight is 217 g/mol. The van der Waals surface area contributed by atoms with Gasteiger partial charge in [0.1, 0.15) is 6.29 Å². The number of Topliss-reactive ketones (excluding diaryl/α,β-unsaturated/α-hetero) is 1. The molecule has 0 saturated heterocycles. The summed E-state index contributed by atoms with van der Waals surface area (Å²) < 4.78 is 0. The fourth-order valence-electron chi connectivity index (χ4n) is 1.82. The summed E-state index contributed by atoms with van der Waals surface area (Å²) in [5, 5.41) is 0. The highest BCUT2D eigenvalue weighted by Gasteiger charge is 2.35. The van der Waals surface area contributed by atoms with E-state index in [9.17, 15) is 14.4 Å². The van der Waals surface area contributed by atoms with Gasteiger partial charge in [0.15, 0.2) is 0 Å². The van der Waals surface area contributed by atoms with E-state index in [1.165, 1.54) is 4.90 Å². The van der Waals surface area contributed by atoms with Crippen molar-refractivity contribution in [3.63, 3.8) is 0 Å². The first kappa shape index (κ1) is 10.5. The van der Waals surface area contributed by atoms with Crippen molar-refractivity contribution in [2.24, 2.45) is 0 Å². The number of rotatable bonds is 3. The molecule has 0 saturated carbocycles. The number of hydrogen-bond donors (Lipinski definition) is 0.